The molecule has 3 rings (SSSR count). The highest BCUT2D eigenvalue weighted by atomic mass is 16.5. The van der Waals surface area contributed by atoms with Crippen molar-refractivity contribution in [3.05, 3.63) is 47.8 Å². The number of aromatic nitrogens is 1. The Morgan fingerprint density at radius 3 is 2.49 bits per heavy atom. The molecule has 8 nitrogen and oxygen atoms in total. The molecule has 0 unspecified atom stereocenters. The first-order valence-electron chi connectivity index (χ1n) is 12.2. The van der Waals surface area contributed by atoms with E-state index in [2.05, 4.69) is 24.1 Å². The zero-order valence-corrected chi connectivity index (χ0v) is 21.3. The largest absolute Gasteiger partial charge is 0.486 e. The second-order valence-corrected chi connectivity index (χ2v) is 9.56. The first-order chi connectivity index (χ1) is 16.7. The van der Waals surface area contributed by atoms with Crippen LogP contribution in [0.5, 0.6) is 5.75 Å². The van der Waals surface area contributed by atoms with Gasteiger partial charge < -0.3 is 19.9 Å². The van der Waals surface area contributed by atoms with Gasteiger partial charge >= 0.3 is 12.0 Å². The smallest absolute Gasteiger partial charge is 0.326 e. The number of nitrogens with zero attached hydrogens (tertiary/aromatic N) is 2. The Hall–Kier alpha value is -3.13. The van der Waals surface area contributed by atoms with Gasteiger partial charge in [0, 0.05) is 30.6 Å². The van der Waals surface area contributed by atoms with Gasteiger partial charge in [0.2, 0.25) is 0 Å². The number of anilines is 2. The number of pyridine rings is 1. The van der Waals surface area contributed by atoms with Crippen molar-refractivity contribution in [2.24, 2.45) is 5.92 Å². The Balaban J connectivity index is 1.93. The normalized spacial score (nSPS) is 18.7. The van der Waals surface area contributed by atoms with Crippen molar-refractivity contribution in [3.63, 3.8) is 0 Å². The fourth-order valence-electron chi connectivity index (χ4n) is 4.64. The second kappa shape index (κ2) is 12.0. The van der Waals surface area contributed by atoms with Gasteiger partial charge in [-0.1, -0.05) is 32.0 Å². The number of methoxy groups -OCH3 is 1. The Bertz CT molecular complexity index is 1020. The maximum atomic E-state index is 13.8. The molecule has 1 aliphatic rings. The molecule has 190 valence electrons. The first kappa shape index (κ1) is 26.5. The third-order valence-electron chi connectivity index (χ3n) is 6.42. The summed E-state index contributed by atoms with van der Waals surface area (Å²) >= 11 is 0. The number of hydrogen-bond acceptors (Lipinski definition) is 5. The lowest BCUT2D eigenvalue weighted by Crippen LogP contribution is -2.46. The minimum Gasteiger partial charge on any atom is -0.486 e. The topological polar surface area (TPSA) is 101 Å². The molecule has 0 radical (unpaired) electrons. The molecular formula is C27H37N3O5. The van der Waals surface area contributed by atoms with Crippen LogP contribution in [0, 0.1) is 12.8 Å². The number of benzene rings is 1. The van der Waals surface area contributed by atoms with Crippen LogP contribution in [0.4, 0.5) is 16.2 Å². The van der Waals surface area contributed by atoms with Crippen molar-refractivity contribution in [3.8, 4) is 5.75 Å². The van der Waals surface area contributed by atoms with Crippen LogP contribution in [0.3, 0.4) is 0 Å². The predicted octanol–water partition coefficient (Wildman–Crippen LogP) is 5.61. The van der Waals surface area contributed by atoms with Crippen molar-refractivity contribution in [1.29, 1.82) is 0 Å². The van der Waals surface area contributed by atoms with Crippen molar-refractivity contribution < 1.29 is 24.2 Å². The quantitative estimate of drug-likeness (QED) is 0.481. The number of aliphatic carboxylic acids is 1. The highest BCUT2D eigenvalue weighted by Crippen LogP contribution is 2.36. The molecular weight excluding hydrogens is 446 g/mol. The van der Waals surface area contributed by atoms with E-state index < -0.39 is 5.97 Å². The summed E-state index contributed by atoms with van der Waals surface area (Å²) in [5.41, 5.74) is 3.16. The van der Waals surface area contributed by atoms with Crippen LogP contribution in [0.15, 0.2) is 36.5 Å². The molecule has 2 amide bonds. The standard InChI is InChI=1S/C27H37N3O5/c1-17(2)22-8-6-7-9-24(22)30(21-12-10-20(11-13-21)26(31)32)27(33)29-23-15-28-18(3)14-25(23)35-19(4)16-34-5/h6-9,14-15,17,19-21H,10-13,16H2,1-5H3,(H,29,33)(H,31,32)/t19-,20-,21-/m0/s1. The number of carbonyl (C=O) groups excluding carboxylic acids is 1. The summed E-state index contributed by atoms with van der Waals surface area (Å²) in [4.78, 5) is 31.5. The summed E-state index contributed by atoms with van der Waals surface area (Å²) in [6.45, 7) is 8.38. The van der Waals surface area contributed by atoms with Crippen molar-refractivity contribution >= 4 is 23.4 Å². The van der Waals surface area contributed by atoms with E-state index in [-0.39, 0.29) is 30.0 Å². The van der Waals surface area contributed by atoms with Gasteiger partial charge in [-0.15, -0.1) is 0 Å². The van der Waals surface area contributed by atoms with E-state index in [0.29, 0.717) is 43.7 Å². The first-order valence-corrected chi connectivity index (χ1v) is 12.2. The van der Waals surface area contributed by atoms with Crippen LogP contribution in [0.1, 0.15) is 63.6 Å². The number of nitrogens with one attached hydrogen (secondary N) is 1. The maximum Gasteiger partial charge on any atom is 0.326 e. The van der Waals surface area contributed by atoms with Gasteiger partial charge in [-0.25, -0.2) is 4.79 Å². The highest BCUT2D eigenvalue weighted by Gasteiger charge is 2.34. The number of aryl methyl sites for hydroxylation is 1. The number of amides is 2. The maximum absolute atomic E-state index is 13.8. The Kier molecular flexibility index (Phi) is 9.09. The molecule has 0 aliphatic heterocycles. The summed E-state index contributed by atoms with van der Waals surface area (Å²) in [7, 11) is 1.61. The van der Waals surface area contributed by atoms with Crippen LogP contribution in [-0.4, -0.2) is 48.0 Å². The second-order valence-electron chi connectivity index (χ2n) is 9.56. The molecule has 35 heavy (non-hydrogen) atoms. The van der Waals surface area contributed by atoms with Gasteiger partial charge in [0.25, 0.3) is 0 Å². The van der Waals surface area contributed by atoms with E-state index in [1.807, 2.05) is 38.1 Å². The van der Waals surface area contributed by atoms with Gasteiger partial charge in [-0.3, -0.25) is 14.7 Å². The molecule has 1 fully saturated rings. The molecule has 1 saturated carbocycles. The number of carbonyl (C=O) groups is 2. The molecule has 1 aromatic carbocycles. The van der Waals surface area contributed by atoms with Crippen LogP contribution in [0.2, 0.25) is 0 Å². The zero-order valence-electron chi connectivity index (χ0n) is 21.3. The Morgan fingerprint density at radius 1 is 1.17 bits per heavy atom. The molecule has 1 heterocycles. The lowest BCUT2D eigenvalue weighted by molar-refractivity contribution is -0.142. The van der Waals surface area contributed by atoms with E-state index in [0.717, 1.165) is 16.9 Å². The fraction of sp³-hybridized carbons (Fsp3) is 0.519. The molecule has 1 aliphatic carbocycles. The van der Waals surface area contributed by atoms with Crippen LogP contribution in [-0.2, 0) is 9.53 Å². The molecule has 2 aromatic rings. The third-order valence-corrected chi connectivity index (χ3v) is 6.42. The monoisotopic (exact) mass is 483 g/mol. The van der Waals surface area contributed by atoms with Crippen molar-refractivity contribution in [1.82, 2.24) is 4.98 Å². The molecule has 0 saturated heterocycles. The molecule has 2 N–H and O–H groups in total. The van der Waals surface area contributed by atoms with Crippen molar-refractivity contribution in [2.75, 3.05) is 23.9 Å². The van der Waals surface area contributed by atoms with Crippen LogP contribution < -0.4 is 15.0 Å². The summed E-state index contributed by atoms with van der Waals surface area (Å²) in [6, 6.07) is 9.31. The van der Waals surface area contributed by atoms with E-state index in [1.165, 1.54) is 0 Å². The number of ether oxygens (including phenoxy) is 2. The molecule has 0 spiro atoms. The number of para-hydroxylation sites is 1. The minimum atomic E-state index is -0.764. The lowest BCUT2D eigenvalue weighted by atomic mass is 9.85. The fourth-order valence-corrected chi connectivity index (χ4v) is 4.64. The average Bonchev–Trinajstić information content (AvgIpc) is 2.81. The zero-order chi connectivity index (χ0) is 25.5. The summed E-state index contributed by atoms with van der Waals surface area (Å²) in [5, 5.41) is 12.5. The van der Waals surface area contributed by atoms with E-state index in [4.69, 9.17) is 9.47 Å². The van der Waals surface area contributed by atoms with Gasteiger partial charge in [0.05, 0.1) is 18.7 Å². The molecule has 8 heteroatoms. The molecule has 1 aromatic heterocycles. The predicted molar refractivity (Wildman–Crippen MR) is 136 cm³/mol. The Labute approximate surface area is 207 Å². The minimum absolute atomic E-state index is 0.110. The molecule has 1 atom stereocenters. The number of urea groups is 1. The van der Waals surface area contributed by atoms with Crippen LogP contribution in [0.25, 0.3) is 0 Å². The summed E-state index contributed by atoms with van der Waals surface area (Å²) in [5.74, 6) is -0.381. The summed E-state index contributed by atoms with van der Waals surface area (Å²) < 4.78 is 11.2. The van der Waals surface area contributed by atoms with E-state index in [9.17, 15) is 14.7 Å². The average molecular weight is 484 g/mol. The van der Waals surface area contributed by atoms with Gasteiger partial charge in [-0.05, 0) is 57.1 Å². The number of rotatable bonds is 9. The lowest BCUT2D eigenvalue weighted by Gasteiger charge is -2.37. The SMILES string of the molecule is COC[C@H](C)Oc1cc(C)ncc1NC(=O)N(c1ccccc1C(C)C)[C@H]1CC[C@H](C(=O)O)CC1. The molecule has 0 bridgehead atoms. The summed E-state index contributed by atoms with van der Waals surface area (Å²) in [6.07, 6.45) is 3.73. The van der Waals surface area contributed by atoms with Gasteiger partial charge in [-0.2, -0.15) is 0 Å². The van der Waals surface area contributed by atoms with Gasteiger partial charge in [0.15, 0.2) is 0 Å². The van der Waals surface area contributed by atoms with E-state index in [1.54, 1.807) is 24.3 Å². The highest BCUT2D eigenvalue weighted by molar-refractivity contribution is 6.03. The number of hydrogen-bond donors (Lipinski definition) is 2. The van der Waals surface area contributed by atoms with Crippen molar-refractivity contribution in [2.45, 2.75) is 71.4 Å². The number of carboxylic acids is 1. The third kappa shape index (κ3) is 6.72. The Morgan fingerprint density at radius 2 is 1.86 bits per heavy atom. The number of carboxylic acid groups (broad SMARTS) is 1. The van der Waals surface area contributed by atoms with Gasteiger partial charge in [0.1, 0.15) is 17.5 Å². The van der Waals surface area contributed by atoms with Crippen LogP contribution >= 0.6 is 0 Å². The van der Waals surface area contributed by atoms with E-state index >= 15 is 0 Å².